The summed E-state index contributed by atoms with van der Waals surface area (Å²) in [5.74, 6) is 1.68. The Hall–Kier alpha value is -1.67. The summed E-state index contributed by atoms with van der Waals surface area (Å²) in [7, 11) is 0. The minimum Gasteiger partial charge on any atom is -0.368 e. The minimum absolute atomic E-state index is 0.0104. The van der Waals surface area contributed by atoms with E-state index in [1.165, 1.54) is 11.8 Å². The van der Waals surface area contributed by atoms with Crippen molar-refractivity contribution in [2.24, 2.45) is 10.9 Å². The second-order valence-electron chi connectivity index (χ2n) is 6.85. The fourth-order valence-electron chi connectivity index (χ4n) is 3.03. The number of benzene rings is 1. The van der Waals surface area contributed by atoms with Crippen LogP contribution in [0.15, 0.2) is 29.3 Å². The van der Waals surface area contributed by atoms with Gasteiger partial charge in [0.15, 0.2) is 0 Å². The molecule has 0 aliphatic carbocycles. The van der Waals surface area contributed by atoms with Crippen molar-refractivity contribution in [3.8, 4) is 0 Å². The molecule has 2 heterocycles. The van der Waals surface area contributed by atoms with Crippen molar-refractivity contribution in [3.05, 3.63) is 24.3 Å². The van der Waals surface area contributed by atoms with Crippen molar-refractivity contribution in [1.29, 1.82) is 0 Å². The molecule has 0 unspecified atom stereocenters. The van der Waals surface area contributed by atoms with E-state index in [9.17, 15) is 9.59 Å². The topological polar surface area (TPSA) is 65.0 Å². The number of amides is 2. The summed E-state index contributed by atoms with van der Waals surface area (Å²) >= 11 is 3.22. The number of hydrogen-bond acceptors (Lipinski definition) is 6. The molecule has 1 saturated heterocycles. The normalized spacial score (nSPS) is 17.2. The Bertz CT molecular complexity index is 698. The van der Waals surface area contributed by atoms with Crippen LogP contribution in [0.4, 0.5) is 11.4 Å². The van der Waals surface area contributed by atoms with E-state index in [4.69, 9.17) is 0 Å². The maximum Gasteiger partial charge on any atom is 0.234 e. The lowest BCUT2D eigenvalue weighted by atomic mass is 10.1. The van der Waals surface area contributed by atoms with Gasteiger partial charge < -0.3 is 15.1 Å². The average Bonchev–Trinajstić information content (AvgIpc) is 3.20. The summed E-state index contributed by atoms with van der Waals surface area (Å²) in [6, 6.07) is 7.93. The maximum absolute atomic E-state index is 12.1. The largest absolute Gasteiger partial charge is 0.368 e. The summed E-state index contributed by atoms with van der Waals surface area (Å²) < 4.78 is 1.01. The lowest BCUT2D eigenvalue weighted by molar-refractivity contribution is -0.134. The number of nitrogens with one attached hydrogen (secondary N) is 1. The number of carbonyl (C=O) groups excluding carboxylic acids is 2. The highest BCUT2D eigenvalue weighted by Crippen LogP contribution is 2.23. The van der Waals surface area contributed by atoms with Gasteiger partial charge in [0.25, 0.3) is 0 Å². The fourth-order valence-corrected chi connectivity index (χ4v) is 4.84. The second-order valence-corrected chi connectivity index (χ2v) is 9.15. The molecule has 1 aromatic carbocycles. The van der Waals surface area contributed by atoms with E-state index in [1.54, 1.807) is 11.8 Å². The molecule has 1 fully saturated rings. The van der Waals surface area contributed by atoms with Gasteiger partial charge in [0.2, 0.25) is 11.8 Å². The van der Waals surface area contributed by atoms with Gasteiger partial charge in [-0.2, -0.15) is 0 Å². The molecule has 2 amide bonds. The number of carbonyl (C=O) groups is 2. The minimum atomic E-state index is -0.0104. The molecule has 6 nitrogen and oxygen atoms in total. The van der Waals surface area contributed by atoms with Crippen LogP contribution in [-0.4, -0.2) is 65.3 Å². The van der Waals surface area contributed by atoms with Crippen LogP contribution in [0.3, 0.4) is 0 Å². The molecule has 0 aromatic heterocycles. The zero-order valence-electron chi connectivity index (χ0n) is 15.8. The molecule has 0 bridgehead atoms. The molecule has 1 aromatic rings. The number of hydrogen-bond donors (Lipinski definition) is 1. The molecule has 0 atom stereocenters. The van der Waals surface area contributed by atoms with E-state index >= 15 is 0 Å². The van der Waals surface area contributed by atoms with Crippen LogP contribution < -0.4 is 10.2 Å². The highest BCUT2D eigenvalue weighted by molar-refractivity contribution is 8.39. The molecule has 0 saturated carbocycles. The van der Waals surface area contributed by atoms with E-state index in [2.05, 4.69) is 15.2 Å². The van der Waals surface area contributed by atoms with Crippen molar-refractivity contribution >= 4 is 51.1 Å². The van der Waals surface area contributed by atoms with Crippen LogP contribution in [0, 0.1) is 5.92 Å². The van der Waals surface area contributed by atoms with Gasteiger partial charge in [-0.25, -0.2) is 0 Å². The standard InChI is InChI=1S/C19H26N4O2S2/c1-14(2)18(25)23-10-8-22(9-11-23)16-5-3-15(4-6-16)21-17(24)13-27-19-20-7-12-26-19/h3-6,14H,7-13H2,1-2H3,(H,21,24). The highest BCUT2D eigenvalue weighted by atomic mass is 32.2. The second kappa shape index (κ2) is 9.50. The SMILES string of the molecule is CC(C)C(=O)N1CCN(c2ccc(NC(=O)CSC3=NCCS3)cc2)CC1. The van der Waals surface area contributed by atoms with Crippen LogP contribution in [0.2, 0.25) is 0 Å². The van der Waals surface area contributed by atoms with Crippen LogP contribution in [-0.2, 0) is 9.59 Å². The molecule has 2 aliphatic heterocycles. The molecule has 0 radical (unpaired) electrons. The van der Waals surface area contributed by atoms with Crippen LogP contribution in [0.1, 0.15) is 13.8 Å². The predicted molar refractivity (Wildman–Crippen MR) is 116 cm³/mol. The van der Waals surface area contributed by atoms with Gasteiger partial charge in [-0.15, -0.1) is 0 Å². The van der Waals surface area contributed by atoms with Crippen LogP contribution >= 0.6 is 23.5 Å². The molecule has 0 spiro atoms. The first-order valence-corrected chi connectivity index (χ1v) is 11.2. The van der Waals surface area contributed by atoms with E-state index in [-0.39, 0.29) is 17.7 Å². The molecule has 3 rings (SSSR count). The Morgan fingerprint density at radius 1 is 1.19 bits per heavy atom. The molecular formula is C19H26N4O2S2. The van der Waals surface area contributed by atoms with Gasteiger partial charge >= 0.3 is 0 Å². The number of aliphatic imine (C=N–C) groups is 1. The predicted octanol–water partition coefficient (Wildman–Crippen LogP) is 2.77. The third kappa shape index (κ3) is 5.65. The molecule has 1 N–H and O–H groups in total. The number of piperazine rings is 1. The Balaban J connectivity index is 1.46. The van der Waals surface area contributed by atoms with Crippen molar-refractivity contribution in [2.75, 3.05) is 54.4 Å². The molecule has 27 heavy (non-hydrogen) atoms. The number of anilines is 2. The van der Waals surface area contributed by atoms with Crippen LogP contribution in [0.25, 0.3) is 0 Å². The summed E-state index contributed by atoms with van der Waals surface area (Å²) in [5.41, 5.74) is 1.93. The first-order chi connectivity index (χ1) is 13.0. The third-order valence-corrected chi connectivity index (χ3v) is 6.74. The highest BCUT2D eigenvalue weighted by Gasteiger charge is 2.22. The zero-order valence-corrected chi connectivity index (χ0v) is 17.4. The fraction of sp³-hybridized carbons (Fsp3) is 0.526. The van der Waals surface area contributed by atoms with Gasteiger partial charge in [0.05, 0.1) is 12.3 Å². The first-order valence-electron chi connectivity index (χ1n) is 9.26. The van der Waals surface area contributed by atoms with Crippen molar-refractivity contribution < 1.29 is 9.59 Å². The van der Waals surface area contributed by atoms with Crippen molar-refractivity contribution in [2.45, 2.75) is 13.8 Å². The Labute approximate surface area is 169 Å². The van der Waals surface area contributed by atoms with Gasteiger partial charge in [-0.1, -0.05) is 37.4 Å². The van der Waals surface area contributed by atoms with Crippen molar-refractivity contribution in [3.63, 3.8) is 0 Å². The Morgan fingerprint density at radius 2 is 1.89 bits per heavy atom. The number of thioether (sulfide) groups is 2. The maximum atomic E-state index is 12.1. The summed E-state index contributed by atoms with van der Waals surface area (Å²) in [6.45, 7) is 7.93. The quantitative estimate of drug-likeness (QED) is 0.815. The van der Waals surface area contributed by atoms with Gasteiger partial charge in [0, 0.05) is 49.2 Å². The third-order valence-electron chi connectivity index (χ3n) is 4.49. The molecule has 2 aliphatic rings. The van der Waals surface area contributed by atoms with Crippen molar-refractivity contribution in [1.82, 2.24) is 4.90 Å². The van der Waals surface area contributed by atoms with E-state index in [0.717, 1.165) is 54.2 Å². The summed E-state index contributed by atoms with van der Waals surface area (Å²) in [4.78, 5) is 32.7. The number of rotatable bonds is 5. The van der Waals surface area contributed by atoms with Crippen LogP contribution in [0.5, 0.6) is 0 Å². The van der Waals surface area contributed by atoms with E-state index < -0.39 is 0 Å². The summed E-state index contributed by atoms with van der Waals surface area (Å²) in [6.07, 6.45) is 0. The molecular weight excluding hydrogens is 380 g/mol. The van der Waals surface area contributed by atoms with E-state index in [0.29, 0.717) is 5.75 Å². The van der Waals surface area contributed by atoms with Gasteiger partial charge in [0.1, 0.15) is 4.38 Å². The lowest BCUT2D eigenvalue weighted by Gasteiger charge is -2.37. The Morgan fingerprint density at radius 3 is 2.48 bits per heavy atom. The summed E-state index contributed by atoms with van der Waals surface area (Å²) in [5, 5.41) is 2.94. The van der Waals surface area contributed by atoms with E-state index in [1.807, 2.05) is 43.0 Å². The zero-order chi connectivity index (χ0) is 19.2. The Kier molecular flexibility index (Phi) is 7.07. The molecule has 146 valence electrons. The molecule has 8 heteroatoms. The van der Waals surface area contributed by atoms with Gasteiger partial charge in [-0.05, 0) is 24.3 Å². The smallest absolute Gasteiger partial charge is 0.234 e. The monoisotopic (exact) mass is 406 g/mol. The first kappa shape index (κ1) is 20.1. The van der Waals surface area contributed by atoms with Gasteiger partial charge in [-0.3, -0.25) is 14.6 Å². The number of nitrogens with zero attached hydrogens (tertiary/aromatic N) is 3. The lowest BCUT2D eigenvalue weighted by Crippen LogP contribution is -2.49. The average molecular weight is 407 g/mol.